The minimum atomic E-state index is 0.849. The van der Waals surface area contributed by atoms with E-state index < -0.39 is 0 Å². The molecule has 1 aromatic heterocycles. The summed E-state index contributed by atoms with van der Waals surface area (Å²) < 4.78 is 0. The Balaban J connectivity index is 1.74. The molecule has 1 aliphatic rings. The van der Waals surface area contributed by atoms with E-state index in [1.807, 2.05) is 31.3 Å². The van der Waals surface area contributed by atoms with E-state index in [0.717, 1.165) is 48.1 Å². The molecule has 4 heteroatoms. The number of benzene rings is 1. The Labute approximate surface area is 126 Å². The number of fused-ring (bicyclic) bond motifs is 1. The van der Waals surface area contributed by atoms with Crippen molar-refractivity contribution in [3.63, 3.8) is 0 Å². The van der Waals surface area contributed by atoms with Crippen molar-refractivity contribution < 1.29 is 0 Å². The summed E-state index contributed by atoms with van der Waals surface area (Å²) in [6, 6.07) is 8.12. The van der Waals surface area contributed by atoms with Crippen molar-refractivity contribution in [3.8, 4) is 0 Å². The van der Waals surface area contributed by atoms with Crippen LogP contribution in [0.1, 0.15) is 25.0 Å². The van der Waals surface area contributed by atoms with Crippen LogP contribution in [0.25, 0.3) is 11.0 Å². The summed E-state index contributed by atoms with van der Waals surface area (Å²) in [4.78, 5) is 11.9. The fourth-order valence-corrected chi connectivity index (χ4v) is 3.16. The second-order valence-electron chi connectivity index (χ2n) is 5.94. The van der Waals surface area contributed by atoms with Crippen LogP contribution in [0.15, 0.2) is 24.3 Å². The molecule has 0 saturated carbocycles. The van der Waals surface area contributed by atoms with Gasteiger partial charge in [-0.3, -0.25) is 0 Å². The molecule has 4 nitrogen and oxygen atoms in total. The van der Waals surface area contributed by atoms with E-state index in [1.54, 1.807) is 0 Å². The zero-order valence-corrected chi connectivity index (χ0v) is 13.0. The van der Waals surface area contributed by atoms with E-state index in [0.29, 0.717) is 0 Å². The lowest BCUT2D eigenvalue weighted by Crippen LogP contribution is -2.35. The Morgan fingerprint density at radius 3 is 2.48 bits per heavy atom. The molecule has 3 rings (SSSR count). The lowest BCUT2D eigenvalue weighted by atomic mass is 9.93. The molecule has 1 fully saturated rings. The van der Waals surface area contributed by atoms with Gasteiger partial charge in [-0.2, -0.15) is 0 Å². The van der Waals surface area contributed by atoms with Crippen LogP contribution in [0.5, 0.6) is 0 Å². The van der Waals surface area contributed by atoms with E-state index in [4.69, 9.17) is 9.97 Å². The third kappa shape index (κ3) is 3.16. The van der Waals surface area contributed by atoms with E-state index >= 15 is 0 Å². The van der Waals surface area contributed by atoms with Gasteiger partial charge in [0.05, 0.1) is 16.7 Å². The number of nitrogens with zero attached hydrogens (tertiary/aromatic N) is 3. The Kier molecular flexibility index (Phi) is 4.34. The van der Waals surface area contributed by atoms with Gasteiger partial charge in [0.2, 0.25) is 0 Å². The summed E-state index contributed by atoms with van der Waals surface area (Å²) >= 11 is 0. The number of para-hydroxylation sites is 2. The first kappa shape index (κ1) is 14.3. The van der Waals surface area contributed by atoms with Gasteiger partial charge >= 0.3 is 0 Å². The van der Waals surface area contributed by atoms with Crippen LogP contribution in [0.3, 0.4) is 0 Å². The predicted molar refractivity (Wildman–Crippen MR) is 87.8 cm³/mol. The highest BCUT2D eigenvalue weighted by Crippen LogP contribution is 2.26. The highest BCUT2D eigenvalue weighted by Gasteiger charge is 2.21. The lowest BCUT2D eigenvalue weighted by Gasteiger charge is -2.33. The zero-order chi connectivity index (χ0) is 14.7. The molecular weight excluding hydrogens is 260 g/mol. The monoisotopic (exact) mass is 284 g/mol. The molecule has 0 atom stereocenters. The number of anilines is 1. The second-order valence-corrected chi connectivity index (χ2v) is 5.94. The second kappa shape index (κ2) is 6.39. The summed E-state index contributed by atoms with van der Waals surface area (Å²) in [5.74, 6) is 1.92. The number of rotatable bonds is 4. The maximum Gasteiger partial charge on any atom is 0.150 e. The van der Waals surface area contributed by atoms with Crippen LogP contribution in [0.4, 0.5) is 5.82 Å². The van der Waals surface area contributed by atoms with Crippen molar-refractivity contribution in [3.05, 3.63) is 30.0 Å². The molecule has 1 saturated heterocycles. The Morgan fingerprint density at radius 1 is 1.14 bits per heavy atom. The largest absolute Gasteiger partial charge is 0.355 e. The van der Waals surface area contributed by atoms with Crippen molar-refractivity contribution in [1.29, 1.82) is 0 Å². The molecule has 0 bridgehead atoms. The van der Waals surface area contributed by atoms with Gasteiger partial charge in [-0.25, -0.2) is 9.97 Å². The van der Waals surface area contributed by atoms with Crippen LogP contribution in [0.2, 0.25) is 0 Å². The van der Waals surface area contributed by atoms with E-state index in [2.05, 4.69) is 17.1 Å². The van der Waals surface area contributed by atoms with Gasteiger partial charge in [0.1, 0.15) is 0 Å². The van der Waals surface area contributed by atoms with E-state index in [1.165, 1.54) is 19.3 Å². The standard InChI is InChI=1S/C17H24N4/c1-13-17(20-16-6-4-3-5-15(16)19-13)21-11-8-14(9-12-21)7-10-18-2/h3-6,14,18H,7-12H2,1-2H3. The Morgan fingerprint density at radius 2 is 1.81 bits per heavy atom. The van der Waals surface area contributed by atoms with Gasteiger partial charge in [-0.15, -0.1) is 0 Å². The van der Waals surface area contributed by atoms with Crippen molar-refractivity contribution in [2.75, 3.05) is 31.6 Å². The molecular formula is C17H24N4. The molecule has 2 aromatic rings. The summed E-state index contributed by atoms with van der Waals surface area (Å²) in [5, 5.41) is 3.25. The number of aryl methyl sites for hydroxylation is 1. The predicted octanol–water partition coefficient (Wildman–Crippen LogP) is 2.76. The average molecular weight is 284 g/mol. The molecule has 0 aliphatic carbocycles. The van der Waals surface area contributed by atoms with Crippen LogP contribution < -0.4 is 10.2 Å². The SMILES string of the molecule is CNCCC1CCN(c2nc3ccccc3nc2C)CC1. The van der Waals surface area contributed by atoms with Gasteiger partial charge < -0.3 is 10.2 Å². The van der Waals surface area contributed by atoms with Crippen molar-refractivity contribution in [2.24, 2.45) is 5.92 Å². The van der Waals surface area contributed by atoms with Gasteiger partial charge in [0.15, 0.2) is 5.82 Å². The molecule has 1 aromatic carbocycles. The molecule has 0 unspecified atom stereocenters. The van der Waals surface area contributed by atoms with Crippen molar-refractivity contribution in [2.45, 2.75) is 26.2 Å². The highest BCUT2D eigenvalue weighted by molar-refractivity contribution is 5.76. The van der Waals surface area contributed by atoms with Crippen LogP contribution in [0, 0.1) is 12.8 Å². The van der Waals surface area contributed by atoms with Crippen molar-refractivity contribution >= 4 is 16.9 Å². The minimum absolute atomic E-state index is 0.849. The molecule has 2 heterocycles. The number of hydrogen-bond donors (Lipinski definition) is 1. The quantitative estimate of drug-likeness (QED) is 0.937. The van der Waals surface area contributed by atoms with Crippen molar-refractivity contribution in [1.82, 2.24) is 15.3 Å². The van der Waals surface area contributed by atoms with Crippen LogP contribution >= 0.6 is 0 Å². The Hall–Kier alpha value is -1.68. The maximum absolute atomic E-state index is 4.84. The molecule has 0 amide bonds. The molecule has 0 spiro atoms. The molecule has 0 radical (unpaired) electrons. The number of nitrogens with one attached hydrogen (secondary N) is 1. The topological polar surface area (TPSA) is 41.0 Å². The minimum Gasteiger partial charge on any atom is -0.355 e. The molecule has 21 heavy (non-hydrogen) atoms. The smallest absolute Gasteiger partial charge is 0.150 e. The molecule has 1 N–H and O–H groups in total. The van der Waals surface area contributed by atoms with Crippen LogP contribution in [-0.2, 0) is 0 Å². The third-order valence-electron chi connectivity index (χ3n) is 4.44. The summed E-state index contributed by atoms with van der Waals surface area (Å²) in [6.07, 6.45) is 3.80. The Bertz CT molecular complexity index is 603. The van der Waals surface area contributed by atoms with Crippen LogP contribution in [-0.4, -0.2) is 36.6 Å². The first-order valence-corrected chi connectivity index (χ1v) is 7.91. The lowest BCUT2D eigenvalue weighted by molar-refractivity contribution is 0.377. The first-order chi connectivity index (χ1) is 10.3. The molecule has 1 aliphatic heterocycles. The highest BCUT2D eigenvalue weighted by atomic mass is 15.2. The fourth-order valence-electron chi connectivity index (χ4n) is 3.16. The fraction of sp³-hybridized carbons (Fsp3) is 0.529. The van der Waals surface area contributed by atoms with Gasteiger partial charge in [-0.1, -0.05) is 12.1 Å². The first-order valence-electron chi connectivity index (χ1n) is 7.91. The summed E-state index contributed by atoms with van der Waals surface area (Å²) in [5.41, 5.74) is 3.03. The van der Waals surface area contributed by atoms with E-state index in [9.17, 15) is 0 Å². The maximum atomic E-state index is 4.84. The zero-order valence-electron chi connectivity index (χ0n) is 13.0. The average Bonchev–Trinajstić information content (AvgIpc) is 2.53. The van der Waals surface area contributed by atoms with Gasteiger partial charge in [-0.05, 0) is 57.8 Å². The molecule has 112 valence electrons. The number of hydrogen-bond acceptors (Lipinski definition) is 4. The van der Waals surface area contributed by atoms with Gasteiger partial charge in [0.25, 0.3) is 0 Å². The number of aromatic nitrogens is 2. The summed E-state index contributed by atoms with van der Waals surface area (Å²) in [6.45, 7) is 5.39. The third-order valence-corrected chi connectivity index (χ3v) is 4.44. The number of piperidine rings is 1. The normalized spacial score (nSPS) is 16.6. The summed E-state index contributed by atoms with van der Waals surface area (Å²) in [7, 11) is 2.03. The van der Waals surface area contributed by atoms with Gasteiger partial charge in [0, 0.05) is 13.1 Å². The van der Waals surface area contributed by atoms with E-state index in [-0.39, 0.29) is 0 Å².